The second-order valence-electron chi connectivity index (χ2n) is 5.68. The van der Waals surface area contributed by atoms with Crippen LogP contribution in [0.1, 0.15) is 0 Å². The molecule has 21 heavy (non-hydrogen) atoms. The molecule has 5 rings (SSSR count). The molecule has 0 bridgehead atoms. The van der Waals surface area contributed by atoms with E-state index in [4.69, 9.17) is 5.73 Å². The molecule has 1 nitrogen and oxygen atoms in total. The predicted octanol–water partition coefficient (Wildman–Crippen LogP) is 5.32. The number of fused-ring (bicyclic) bond motifs is 2. The first-order valence-electron chi connectivity index (χ1n) is 7.18. The van der Waals surface area contributed by atoms with Gasteiger partial charge in [0.25, 0.3) is 0 Å². The van der Waals surface area contributed by atoms with Crippen molar-refractivity contribution in [3.8, 4) is 0 Å². The van der Waals surface area contributed by atoms with Gasteiger partial charge in [0.1, 0.15) is 0 Å². The molecule has 0 aromatic heterocycles. The number of rotatable bonds is 0. The van der Waals surface area contributed by atoms with E-state index in [2.05, 4.69) is 66.7 Å². The van der Waals surface area contributed by atoms with Crippen LogP contribution < -0.4 is 5.73 Å². The molecule has 5 aromatic rings. The van der Waals surface area contributed by atoms with Crippen molar-refractivity contribution in [3.63, 3.8) is 0 Å². The second kappa shape index (κ2) is 3.64. The fourth-order valence-electron chi connectivity index (χ4n) is 3.60. The molecule has 98 valence electrons. The third-order valence-corrected chi connectivity index (χ3v) is 4.52. The molecule has 0 fully saturated rings. The molecule has 0 radical (unpaired) electrons. The highest BCUT2D eigenvalue weighted by atomic mass is 14.6. The van der Waals surface area contributed by atoms with Crippen LogP contribution in [0.15, 0.2) is 66.7 Å². The van der Waals surface area contributed by atoms with Crippen LogP contribution in [0.5, 0.6) is 0 Å². The molecule has 0 saturated carbocycles. The summed E-state index contributed by atoms with van der Waals surface area (Å²) in [6, 6.07) is 23.7. The normalized spacial score (nSPS) is 12.0. The minimum absolute atomic E-state index is 0.858. The molecule has 0 aliphatic heterocycles. The maximum atomic E-state index is 6.33. The average molecular weight is 267 g/mol. The van der Waals surface area contributed by atoms with Crippen LogP contribution in [-0.4, -0.2) is 0 Å². The first kappa shape index (κ1) is 10.9. The quantitative estimate of drug-likeness (QED) is 0.229. The number of benzene rings is 5. The number of hydrogen-bond acceptors (Lipinski definition) is 1. The lowest BCUT2D eigenvalue weighted by molar-refractivity contribution is 1.77. The molecule has 0 atom stereocenters. The van der Waals surface area contributed by atoms with Crippen LogP contribution in [0.25, 0.3) is 43.1 Å². The lowest BCUT2D eigenvalue weighted by Crippen LogP contribution is -1.91. The molecule has 5 aromatic carbocycles. The van der Waals surface area contributed by atoms with Crippen LogP contribution >= 0.6 is 0 Å². The van der Waals surface area contributed by atoms with Gasteiger partial charge in [0.2, 0.25) is 0 Å². The van der Waals surface area contributed by atoms with Gasteiger partial charge in [-0.15, -0.1) is 0 Å². The Hall–Kier alpha value is -2.80. The van der Waals surface area contributed by atoms with Crippen molar-refractivity contribution in [2.75, 3.05) is 5.73 Å². The van der Waals surface area contributed by atoms with Crippen molar-refractivity contribution in [1.82, 2.24) is 0 Å². The van der Waals surface area contributed by atoms with Crippen LogP contribution in [0, 0.1) is 0 Å². The van der Waals surface area contributed by atoms with Gasteiger partial charge in [-0.1, -0.05) is 54.6 Å². The van der Waals surface area contributed by atoms with Gasteiger partial charge in [-0.05, 0) is 49.8 Å². The maximum absolute atomic E-state index is 6.33. The third-order valence-electron chi connectivity index (χ3n) is 4.52. The topological polar surface area (TPSA) is 26.0 Å². The largest absolute Gasteiger partial charge is 0.398 e. The molecule has 0 amide bonds. The Morgan fingerprint density at radius 3 is 2.19 bits per heavy atom. The highest BCUT2D eigenvalue weighted by molar-refractivity contribution is 6.30. The van der Waals surface area contributed by atoms with E-state index in [1.807, 2.05) is 0 Å². The van der Waals surface area contributed by atoms with Gasteiger partial charge in [-0.3, -0.25) is 0 Å². The van der Waals surface area contributed by atoms with Crippen LogP contribution in [-0.2, 0) is 0 Å². The molecular weight excluding hydrogens is 254 g/mol. The summed E-state index contributed by atoms with van der Waals surface area (Å²) in [5.41, 5.74) is 7.19. The Morgan fingerprint density at radius 2 is 1.24 bits per heavy atom. The zero-order valence-electron chi connectivity index (χ0n) is 11.4. The average Bonchev–Trinajstić information content (AvgIpc) is 2.53. The van der Waals surface area contributed by atoms with E-state index in [1.54, 1.807) is 0 Å². The van der Waals surface area contributed by atoms with Crippen molar-refractivity contribution < 1.29 is 0 Å². The fourth-order valence-corrected chi connectivity index (χ4v) is 3.60. The molecule has 0 aliphatic carbocycles. The highest BCUT2D eigenvalue weighted by Gasteiger charge is 2.12. The van der Waals surface area contributed by atoms with Gasteiger partial charge in [-0.25, -0.2) is 0 Å². The molecule has 0 unspecified atom stereocenters. The van der Waals surface area contributed by atoms with Gasteiger partial charge in [-0.2, -0.15) is 0 Å². The lowest BCUT2D eigenvalue weighted by Gasteiger charge is -2.14. The van der Waals surface area contributed by atoms with Gasteiger partial charge in [0.05, 0.1) is 0 Å². The summed E-state index contributed by atoms with van der Waals surface area (Å²) < 4.78 is 0. The molecule has 0 spiro atoms. The molecular formula is C20H13N. The zero-order chi connectivity index (χ0) is 14.0. The second-order valence-corrected chi connectivity index (χ2v) is 5.68. The maximum Gasteiger partial charge on any atom is 0.0400 e. The van der Waals surface area contributed by atoms with Crippen molar-refractivity contribution >= 4 is 48.8 Å². The Bertz CT molecular complexity index is 1140. The number of nitrogen functional groups attached to an aromatic ring is 1. The van der Waals surface area contributed by atoms with E-state index in [0.717, 1.165) is 11.1 Å². The monoisotopic (exact) mass is 267 g/mol. The highest BCUT2D eigenvalue weighted by Crippen LogP contribution is 2.40. The molecule has 1 heteroatoms. The van der Waals surface area contributed by atoms with E-state index in [0.29, 0.717) is 0 Å². The first-order chi connectivity index (χ1) is 10.3. The Labute approximate surface area is 121 Å². The van der Waals surface area contributed by atoms with Crippen LogP contribution in [0.2, 0.25) is 0 Å². The number of hydrogen-bond donors (Lipinski definition) is 1. The molecule has 2 N–H and O–H groups in total. The Morgan fingerprint density at radius 1 is 0.524 bits per heavy atom. The van der Waals surface area contributed by atoms with Gasteiger partial charge >= 0.3 is 0 Å². The van der Waals surface area contributed by atoms with E-state index in [1.165, 1.54) is 37.7 Å². The van der Waals surface area contributed by atoms with Gasteiger partial charge < -0.3 is 5.73 Å². The van der Waals surface area contributed by atoms with Crippen LogP contribution in [0.3, 0.4) is 0 Å². The van der Waals surface area contributed by atoms with Gasteiger partial charge in [0.15, 0.2) is 0 Å². The lowest BCUT2D eigenvalue weighted by atomic mass is 9.90. The first-order valence-corrected chi connectivity index (χ1v) is 7.18. The summed E-state index contributed by atoms with van der Waals surface area (Å²) in [7, 11) is 0. The van der Waals surface area contributed by atoms with Crippen LogP contribution in [0.4, 0.5) is 5.69 Å². The predicted molar refractivity (Wildman–Crippen MR) is 92.1 cm³/mol. The summed E-state index contributed by atoms with van der Waals surface area (Å²) in [5, 5.41) is 10.1. The summed E-state index contributed by atoms with van der Waals surface area (Å²) >= 11 is 0. The minimum atomic E-state index is 0.858. The van der Waals surface area contributed by atoms with Gasteiger partial charge in [0, 0.05) is 11.1 Å². The van der Waals surface area contributed by atoms with E-state index < -0.39 is 0 Å². The Kier molecular flexibility index (Phi) is 1.90. The fraction of sp³-hybridized carbons (Fsp3) is 0. The van der Waals surface area contributed by atoms with Crippen molar-refractivity contribution in [2.45, 2.75) is 0 Å². The SMILES string of the molecule is Nc1cc2c3ccccc3cc3ccc4cccc1c4c32. The van der Waals surface area contributed by atoms with Crippen molar-refractivity contribution in [2.24, 2.45) is 0 Å². The zero-order valence-corrected chi connectivity index (χ0v) is 11.4. The number of nitrogens with two attached hydrogens (primary N) is 1. The summed E-state index contributed by atoms with van der Waals surface area (Å²) in [6.45, 7) is 0. The van der Waals surface area contributed by atoms with E-state index >= 15 is 0 Å². The van der Waals surface area contributed by atoms with E-state index in [-0.39, 0.29) is 0 Å². The van der Waals surface area contributed by atoms with E-state index in [9.17, 15) is 0 Å². The molecule has 0 aliphatic rings. The third kappa shape index (κ3) is 1.30. The summed E-state index contributed by atoms with van der Waals surface area (Å²) in [4.78, 5) is 0. The summed E-state index contributed by atoms with van der Waals surface area (Å²) in [6.07, 6.45) is 0. The molecule has 0 saturated heterocycles. The molecule has 0 heterocycles. The summed E-state index contributed by atoms with van der Waals surface area (Å²) in [5.74, 6) is 0. The number of anilines is 1. The van der Waals surface area contributed by atoms with Crippen molar-refractivity contribution in [3.05, 3.63) is 66.7 Å². The smallest absolute Gasteiger partial charge is 0.0400 e. The minimum Gasteiger partial charge on any atom is -0.398 e. The standard InChI is InChI=1S/C20H13N/c21-18-11-17-15-6-2-1-4-13(15)10-14-9-8-12-5-3-7-16(18)19(12)20(14)17/h1-11H,21H2. The van der Waals surface area contributed by atoms with Crippen molar-refractivity contribution in [1.29, 1.82) is 0 Å². The Balaban J connectivity index is 2.25.